The summed E-state index contributed by atoms with van der Waals surface area (Å²) in [4.78, 5) is 26.7. The summed E-state index contributed by atoms with van der Waals surface area (Å²) in [5, 5.41) is 3.93. The molecule has 4 heterocycles. The van der Waals surface area contributed by atoms with E-state index in [0.717, 1.165) is 37.5 Å². The first-order valence-corrected chi connectivity index (χ1v) is 11.7. The first-order valence-electron chi connectivity index (χ1n) is 10.9. The third-order valence-corrected chi connectivity index (χ3v) is 7.12. The number of halogens is 1. The average molecular weight is 432 g/mol. The van der Waals surface area contributed by atoms with E-state index in [1.807, 2.05) is 11.8 Å². The zero-order valence-electron chi connectivity index (χ0n) is 17.7. The Morgan fingerprint density at radius 3 is 2.70 bits per heavy atom. The van der Waals surface area contributed by atoms with E-state index in [1.54, 1.807) is 12.3 Å². The summed E-state index contributed by atoms with van der Waals surface area (Å²) in [6.07, 6.45) is 7.59. The van der Waals surface area contributed by atoms with Crippen molar-refractivity contribution in [2.75, 3.05) is 31.5 Å². The number of likely N-dealkylation sites (tertiary alicyclic amines) is 2. The molecule has 2 fully saturated rings. The minimum Gasteiger partial charge on any atom is -0.353 e. The molecule has 2 aromatic heterocycles. The van der Waals surface area contributed by atoms with Crippen molar-refractivity contribution in [3.63, 3.8) is 0 Å². The monoisotopic (exact) mass is 431 g/mol. The van der Waals surface area contributed by atoms with Gasteiger partial charge in [0, 0.05) is 25.7 Å². The Labute approximate surface area is 181 Å². The van der Waals surface area contributed by atoms with Crippen molar-refractivity contribution < 1.29 is 9.18 Å². The fourth-order valence-corrected chi connectivity index (χ4v) is 5.36. The molecule has 4 rings (SSSR count). The predicted molar refractivity (Wildman–Crippen MR) is 117 cm³/mol. The number of aromatic nitrogens is 2. The van der Waals surface area contributed by atoms with Gasteiger partial charge in [-0.05, 0) is 57.2 Å². The van der Waals surface area contributed by atoms with Crippen LogP contribution < -0.4 is 5.32 Å². The number of carbonyl (C=O) groups is 1. The number of amides is 1. The van der Waals surface area contributed by atoms with Crippen LogP contribution in [0, 0.1) is 11.7 Å². The topological polar surface area (TPSA) is 61.4 Å². The van der Waals surface area contributed by atoms with Crippen LogP contribution in [0.1, 0.15) is 60.9 Å². The first kappa shape index (κ1) is 21.2. The maximum absolute atomic E-state index is 13.1. The van der Waals surface area contributed by atoms with Crippen LogP contribution >= 0.6 is 11.3 Å². The SMILES string of the molecule is CC(Nc1ncc(C(=O)N2CCC(N3CCC[C@@H](C)C3)CC2)s1)c1ccc(F)cn1. The number of nitrogens with zero attached hydrogens (tertiary/aromatic N) is 4. The van der Waals surface area contributed by atoms with Crippen molar-refractivity contribution in [3.8, 4) is 0 Å². The Bertz CT molecular complexity index is 849. The normalized spacial score (nSPS) is 22.1. The summed E-state index contributed by atoms with van der Waals surface area (Å²) in [7, 11) is 0. The van der Waals surface area contributed by atoms with Gasteiger partial charge < -0.3 is 10.2 Å². The molecule has 8 heteroatoms. The Morgan fingerprint density at radius 1 is 1.20 bits per heavy atom. The van der Waals surface area contributed by atoms with E-state index in [0.29, 0.717) is 16.1 Å². The highest BCUT2D eigenvalue weighted by molar-refractivity contribution is 7.17. The van der Waals surface area contributed by atoms with Crippen LogP contribution in [0.4, 0.5) is 9.52 Å². The number of anilines is 1. The predicted octanol–water partition coefficient (Wildman–Crippen LogP) is 4.19. The highest BCUT2D eigenvalue weighted by Gasteiger charge is 2.30. The maximum Gasteiger partial charge on any atom is 0.265 e. The molecule has 6 nitrogen and oxygen atoms in total. The summed E-state index contributed by atoms with van der Waals surface area (Å²) in [6.45, 7) is 8.30. The fourth-order valence-electron chi connectivity index (χ4n) is 4.49. The number of pyridine rings is 1. The number of thiazole rings is 1. The van der Waals surface area contributed by atoms with Gasteiger partial charge in [-0.25, -0.2) is 9.37 Å². The van der Waals surface area contributed by atoms with Crippen LogP contribution in [0.5, 0.6) is 0 Å². The third-order valence-electron chi connectivity index (χ3n) is 6.21. The second-order valence-electron chi connectivity index (χ2n) is 8.56. The Morgan fingerprint density at radius 2 is 2.00 bits per heavy atom. The van der Waals surface area contributed by atoms with E-state index in [2.05, 4.69) is 27.1 Å². The minimum absolute atomic E-state index is 0.0681. The van der Waals surface area contributed by atoms with Crippen LogP contribution in [-0.4, -0.2) is 57.9 Å². The number of piperidine rings is 2. The van der Waals surface area contributed by atoms with Crippen molar-refractivity contribution in [1.29, 1.82) is 0 Å². The molecule has 0 aromatic carbocycles. The van der Waals surface area contributed by atoms with Crippen LogP contribution in [0.2, 0.25) is 0 Å². The van der Waals surface area contributed by atoms with Gasteiger partial charge in [-0.15, -0.1) is 0 Å². The van der Waals surface area contributed by atoms with E-state index >= 15 is 0 Å². The average Bonchev–Trinajstić information content (AvgIpc) is 3.22. The standard InChI is InChI=1S/C22H30FN5OS/c1-15-4-3-9-28(14-15)18-7-10-27(11-8-18)21(29)20-13-25-22(30-20)26-16(2)19-6-5-17(23)12-24-19/h5-6,12-13,15-16,18H,3-4,7-11,14H2,1-2H3,(H,25,26)/t15-,16?/m1/s1. The second-order valence-corrected chi connectivity index (χ2v) is 9.59. The molecular formula is C22H30FN5OS. The first-order chi connectivity index (χ1) is 14.5. The van der Waals surface area contributed by atoms with E-state index < -0.39 is 0 Å². The molecule has 0 bridgehead atoms. The van der Waals surface area contributed by atoms with Gasteiger partial charge in [0.25, 0.3) is 5.91 Å². The molecule has 1 unspecified atom stereocenters. The van der Waals surface area contributed by atoms with E-state index in [-0.39, 0.29) is 17.8 Å². The van der Waals surface area contributed by atoms with Crippen LogP contribution in [0.15, 0.2) is 24.5 Å². The molecule has 1 N–H and O–H groups in total. The summed E-state index contributed by atoms with van der Waals surface area (Å²) >= 11 is 1.36. The molecule has 0 spiro atoms. The maximum atomic E-state index is 13.1. The molecule has 2 aromatic rings. The molecule has 0 radical (unpaired) electrons. The van der Waals surface area contributed by atoms with Gasteiger partial charge in [0.2, 0.25) is 0 Å². The zero-order chi connectivity index (χ0) is 21.1. The number of nitrogens with one attached hydrogen (secondary N) is 1. The van der Waals surface area contributed by atoms with Crippen LogP contribution in [0.25, 0.3) is 0 Å². The van der Waals surface area contributed by atoms with Gasteiger partial charge in [-0.2, -0.15) is 0 Å². The summed E-state index contributed by atoms with van der Waals surface area (Å²) in [6, 6.07) is 3.53. The van der Waals surface area contributed by atoms with E-state index in [4.69, 9.17) is 0 Å². The number of carbonyl (C=O) groups excluding carboxylic acids is 1. The molecular weight excluding hydrogens is 401 g/mol. The van der Waals surface area contributed by atoms with Crippen LogP contribution in [-0.2, 0) is 0 Å². The van der Waals surface area contributed by atoms with Gasteiger partial charge in [0.15, 0.2) is 5.13 Å². The number of hydrogen-bond donors (Lipinski definition) is 1. The molecule has 2 aliphatic rings. The Balaban J connectivity index is 1.30. The summed E-state index contributed by atoms with van der Waals surface area (Å²) in [5.74, 6) is 0.499. The zero-order valence-corrected chi connectivity index (χ0v) is 18.5. The van der Waals surface area contributed by atoms with Crippen LogP contribution in [0.3, 0.4) is 0 Å². The Kier molecular flexibility index (Phi) is 6.63. The van der Waals surface area contributed by atoms with Gasteiger partial charge in [-0.1, -0.05) is 18.3 Å². The van der Waals surface area contributed by atoms with Gasteiger partial charge >= 0.3 is 0 Å². The third kappa shape index (κ3) is 4.98. The van der Waals surface area contributed by atoms with E-state index in [1.165, 1.54) is 49.5 Å². The minimum atomic E-state index is -0.355. The highest BCUT2D eigenvalue weighted by atomic mass is 32.1. The molecule has 2 aliphatic heterocycles. The van der Waals surface area contributed by atoms with Crippen molar-refractivity contribution >= 4 is 22.4 Å². The lowest BCUT2D eigenvalue weighted by Crippen LogP contribution is -2.49. The molecule has 2 atom stereocenters. The van der Waals surface area contributed by atoms with Gasteiger partial charge in [0.05, 0.1) is 24.1 Å². The van der Waals surface area contributed by atoms with Gasteiger partial charge in [0.1, 0.15) is 10.7 Å². The number of hydrogen-bond acceptors (Lipinski definition) is 6. The molecule has 0 aliphatic carbocycles. The fraction of sp³-hybridized carbons (Fsp3) is 0.591. The molecule has 30 heavy (non-hydrogen) atoms. The molecule has 162 valence electrons. The van der Waals surface area contributed by atoms with E-state index in [9.17, 15) is 9.18 Å². The molecule has 1 amide bonds. The lowest BCUT2D eigenvalue weighted by atomic mass is 9.95. The van der Waals surface area contributed by atoms with Crippen molar-refractivity contribution in [2.24, 2.45) is 5.92 Å². The molecule has 2 saturated heterocycles. The van der Waals surface area contributed by atoms with Gasteiger partial charge in [-0.3, -0.25) is 14.7 Å². The summed E-state index contributed by atoms with van der Waals surface area (Å²) < 4.78 is 13.1. The Hall–Kier alpha value is -2.06. The quantitative estimate of drug-likeness (QED) is 0.769. The lowest BCUT2D eigenvalue weighted by molar-refractivity contribution is 0.0545. The van der Waals surface area contributed by atoms with Crippen molar-refractivity contribution in [1.82, 2.24) is 19.8 Å². The highest BCUT2D eigenvalue weighted by Crippen LogP contribution is 2.27. The number of rotatable bonds is 5. The second kappa shape index (κ2) is 9.39. The lowest BCUT2D eigenvalue weighted by Gasteiger charge is -2.41. The van der Waals surface area contributed by atoms with Crippen molar-refractivity contribution in [2.45, 2.75) is 51.6 Å². The molecule has 0 saturated carbocycles. The van der Waals surface area contributed by atoms with Crippen molar-refractivity contribution in [3.05, 3.63) is 40.9 Å². The smallest absolute Gasteiger partial charge is 0.265 e. The summed E-state index contributed by atoms with van der Waals surface area (Å²) in [5.41, 5.74) is 0.730. The largest absolute Gasteiger partial charge is 0.353 e.